The number of piperidine rings is 1. The highest BCUT2D eigenvalue weighted by Gasteiger charge is 2.44. The van der Waals surface area contributed by atoms with Crippen molar-refractivity contribution < 1.29 is 0 Å². The van der Waals surface area contributed by atoms with Crippen molar-refractivity contribution >= 4 is 16.7 Å². The average molecular weight is 411 g/mol. The van der Waals surface area contributed by atoms with Gasteiger partial charge in [0.05, 0.1) is 17.4 Å². The van der Waals surface area contributed by atoms with Crippen molar-refractivity contribution in [3.63, 3.8) is 0 Å². The van der Waals surface area contributed by atoms with Crippen molar-refractivity contribution in [1.82, 2.24) is 24.6 Å². The molecule has 2 fully saturated rings. The highest BCUT2D eigenvalue weighted by atomic mass is 15.3. The van der Waals surface area contributed by atoms with Crippen molar-refractivity contribution in [2.75, 3.05) is 31.1 Å². The molecule has 0 aliphatic carbocycles. The Balaban J connectivity index is 1.07. The van der Waals surface area contributed by atoms with Gasteiger partial charge in [-0.05, 0) is 42.5 Å². The summed E-state index contributed by atoms with van der Waals surface area (Å²) < 4.78 is 1.97. The molecule has 0 amide bonds. The first-order chi connectivity index (χ1) is 15.3. The van der Waals surface area contributed by atoms with Crippen LogP contribution >= 0.6 is 0 Å². The number of likely N-dealkylation sites (tertiary alicyclic amines) is 1. The molecule has 2 saturated heterocycles. The number of hydrogen-bond acceptors (Lipinski definition) is 5. The zero-order chi connectivity index (χ0) is 20.7. The lowest BCUT2D eigenvalue weighted by molar-refractivity contribution is -0.0240. The van der Waals surface area contributed by atoms with Crippen LogP contribution in [0.4, 0.5) is 5.82 Å². The van der Waals surface area contributed by atoms with E-state index < -0.39 is 0 Å². The van der Waals surface area contributed by atoms with Gasteiger partial charge in [0, 0.05) is 49.9 Å². The number of hydrogen-bond donors (Lipinski definition) is 0. The number of aromatic nitrogens is 4. The zero-order valence-electron chi connectivity index (χ0n) is 17.6. The molecular weight excluding hydrogens is 384 g/mol. The lowest BCUT2D eigenvalue weighted by Gasteiger charge is -2.54. The van der Waals surface area contributed by atoms with Crippen molar-refractivity contribution in [2.24, 2.45) is 5.41 Å². The van der Waals surface area contributed by atoms with Gasteiger partial charge < -0.3 is 4.90 Å². The molecule has 2 aromatic heterocycles. The highest BCUT2D eigenvalue weighted by molar-refractivity contribution is 5.89. The van der Waals surface area contributed by atoms with Crippen LogP contribution in [0.1, 0.15) is 18.4 Å². The average Bonchev–Trinajstić information content (AvgIpc) is 3.27. The summed E-state index contributed by atoms with van der Waals surface area (Å²) in [6.45, 7) is 5.49. The zero-order valence-corrected chi connectivity index (χ0v) is 17.6. The first-order valence-electron chi connectivity index (χ1n) is 11.0. The minimum absolute atomic E-state index is 0.467. The predicted molar refractivity (Wildman–Crippen MR) is 122 cm³/mol. The van der Waals surface area contributed by atoms with Crippen molar-refractivity contribution in [2.45, 2.75) is 19.4 Å². The third-order valence-electron chi connectivity index (χ3n) is 6.83. The fourth-order valence-corrected chi connectivity index (χ4v) is 5.19. The standard InChI is InChI=1S/C25H26N6/c1-2-6-21(7-3-1)31-16-20(14-28-31)15-29-17-25(18-29)10-12-30(13-11-25)24-22-8-4-5-9-23(22)26-19-27-24/h1-9,14,16,19H,10-13,15,17-18H2. The molecule has 1 spiro atoms. The maximum Gasteiger partial charge on any atom is 0.139 e. The summed E-state index contributed by atoms with van der Waals surface area (Å²) in [4.78, 5) is 14.0. The lowest BCUT2D eigenvalue weighted by atomic mass is 9.72. The molecular formula is C25H26N6. The Morgan fingerprint density at radius 1 is 0.871 bits per heavy atom. The van der Waals surface area contributed by atoms with Crippen molar-refractivity contribution in [3.05, 3.63) is 78.9 Å². The number of benzene rings is 2. The SMILES string of the molecule is c1ccc(-n2cc(CN3CC4(CCN(c5ncnc6ccccc56)CC4)C3)cn2)cc1. The van der Waals surface area contributed by atoms with Crippen LogP contribution < -0.4 is 4.90 Å². The third-order valence-corrected chi connectivity index (χ3v) is 6.83. The number of rotatable bonds is 4. The quantitative estimate of drug-likeness (QED) is 0.510. The fourth-order valence-electron chi connectivity index (χ4n) is 5.19. The molecule has 0 unspecified atom stereocenters. The molecule has 0 N–H and O–H groups in total. The number of anilines is 1. The Labute approximate surface area is 182 Å². The summed E-state index contributed by atoms with van der Waals surface area (Å²) in [7, 11) is 0. The maximum atomic E-state index is 4.62. The van der Waals surface area contributed by atoms with E-state index in [4.69, 9.17) is 0 Å². The molecule has 6 heteroatoms. The van der Waals surface area contributed by atoms with Crippen LogP contribution in [-0.4, -0.2) is 50.8 Å². The molecule has 4 aromatic rings. The number of nitrogens with zero attached hydrogens (tertiary/aromatic N) is 6. The second-order valence-electron chi connectivity index (χ2n) is 8.98. The van der Waals surface area contributed by atoms with E-state index in [1.807, 2.05) is 35.1 Å². The minimum atomic E-state index is 0.467. The lowest BCUT2D eigenvalue weighted by Crippen LogP contribution is -2.59. The Hall–Kier alpha value is -3.25. The minimum Gasteiger partial charge on any atom is -0.356 e. The van der Waals surface area contributed by atoms with Gasteiger partial charge in [0.1, 0.15) is 12.1 Å². The van der Waals surface area contributed by atoms with Gasteiger partial charge in [-0.1, -0.05) is 30.3 Å². The van der Waals surface area contributed by atoms with Crippen LogP contribution in [0.25, 0.3) is 16.6 Å². The van der Waals surface area contributed by atoms with Crippen LogP contribution in [0.5, 0.6) is 0 Å². The van der Waals surface area contributed by atoms with Gasteiger partial charge in [0.2, 0.25) is 0 Å². The topological polar surface area (TPSA) is 50.1 Å². The van der Waals surface area contributed by atoms with Gasteiger partial charge in [-0.15, -0.1) is 0 Å². The number of fused-ring (bicyclic) bond motifs is 1. The maximum absolute atomic E-state index is 4.62. The molecule has 2 aromatic carbocycles. The summed E-state index contributed by atoms with van der Waals surface area (Å²) in [6.07, 6.45) is 8.31. The molecule has 0 saturated carbocycles. The largest absolute Gasteiger partial charge is 0.356 e. The Morgan fingerprint density at radius 2 is 1.65 bits per heavy atom. The Bertz CT molecular complexity index is 1180. The summed E-state index contributed by atoms with van der Waals surface area (Å²) >= 11 is 0. The van der Waals surface area contributed by atoms with Crippen LogP contribution in [0.3, 0.4) is 0 Å². The molecule has 0 atom stereocenters. The second-order valence-corrected chi connectivity index (χ2v) is 8.98. The second kappa shape index (κ2) is 7.46. The van der Waals surface area contributed by atoms with E-state index in [1.165, 1.54) is 31.5 Å². The molecule has 6 nitrogen and oxygen atoms in total. The molecule has 2 aliphatic rings. The molecule has 0 bridgehead atoms. The Kier molecular flexibility index (Phi) is 4.46. The van der Waals surface area contributed by atoms with E-state index >= 15 is 0 Å². The van der Waals surface area contributed by atoms with Gasteiger partial charge in [-0.25, -0.2) is 14.6 Å². The van der Waals surface area contributed by atoms with E-state index in [9.17, 15) is 0 Å². The van der Waals surface area contributed by atoms with Crippen LogP contribution in [-0.2, 0) is 6.54 Å². The summed E-state index contributed by atoms with van der Waals surface area (Å²) in [5.74, 6) is 1.09. The number of para-hydroxylation sites is 2. The molecule has 156 valence electrons. The first-order valence-corrected chi connectivity index (χ1v) is 11.0. The smallest absolute Gasteiger partial charge is 0.139 e. The van der Waals surface area contributed by atoms with Crippen molar-refractivity contribution in [1.29, 1.82) is 0 Å². The predicted octanol–water partition coefficient (Wildman–Crippen LogP) is 3.92. The molecule has 31 heavy (non-hydrogen) atoms. The van der Waals surface area contributed by atoms with Crippen LogP contribution in [0.2, 0.25) is 0 Å². The summed E-state index contributed by atoms with van der Waals surface area (Å²) in [5.41, 5.74) is 3.88. The van der Waals surface area contributed by atoms with E-state index in [-0.39, 0.29) is 0 Å². The van der Waals surface area contributed by atoms with Crippen LogP contribution in [0.15, 0.2) is 73.3 Å². The normalized spacial score (nSPS) is 18.4. The van der Waals surface area contributed by atoms with Gasteiger partial charge in [-0.3, -0.25) is 4.90 Å². The third kappa shape index (κ3) is 3.47. The van der Waals surface area contributed by atoms with Crippen molar-refractivity contribution in [3.8, 4) is 5.69 Å². The van der Waals surface area contributed by atoms with Gasteiger partial charge in [0.25, 0.3) is 0 Å². The summed E-state index contributed by atoms with van der Waals surface area (Å²) in [6, 6.07) is 18.6. The van der Waals surface area contributed by atoms with E-state index in [0.717, 1.165) is 42.0 Å². The Morgan fingerprint density at radius 3 is 2.48 bits per heavy atom. The van der Waals surface area contributed by atoms with E-state index in [0.29, 0.717) is 5.41 Å². The molecule has 4 heterocycles. The fraction of sp³-hybridized carbons (Fsp3) is 0.320. The van der Waals surface area contributed by atoms with Crippen LogP contribution in [0, 0.1) is 5.41 Å². The van der Waals surface area contributed by atoms with E-state index in [1.54, 1.807) is 6.33 Å². The molecule has 6 rings (SSSR count). The molecule has 2 aliphatic heterocycles. The van der Waals surface area contributed by atoms with Gasteiger partial charge in [0.15, 0.2) is 0 Å². The van der Waals surface area contributed by atoms with E-state index in [2.05, 4.69) is 61.4 Å². The van der Waals surface area contributed by atoms with Gasteiger partial charge >= 0.3 is 0 Å². The first kappa shape index (κ1) is 18.5. The van der Waals surface area contributed by atoms with Gasteiger partial charge in [-0.2, -0.15) is 5.10 Å². The highest BCUT2D eigenvalue weighted by Crippen LogP contribution is 2.42. The summed E-state index contributed by atoms with van der Waals surface area (Å²) in [5, 5.41) is 5.70. The molecule has 0 radical (unpaired) electrons. The monoisotopic (exact) mass is 410 g/mol.